The third-order valence-electron chi connectivity index (χ3n) is 6.26. The third-order valence-corrected chi connectivity index (χ3v) is 7.14. The first-order valence-electron chi connectivity index (χ1n) is 13.9. The van der Waals surface area contributed by atoms with Crippen molar-refractivity contribution < 1.29 is 65.1 Å². The zero-order valence-corrected chi connectivity index (χ0v) is 29.7. The van der Waals surface area contributed by atoms with Gasteiger partial charge in [0, 0.05) is 39.3 Å². The van der Waals surface area contributed by atoms with Gasteiger partial charge in [0.05, 0.1) is 30.7 Å². The van der Waals surface area contributed by atoms with Gasteiger partial charge in [-0.1, -0.05) is 61.8 Å². The van der Waals surface area contributed by atoms with Gasteiger partial charge in [-0.15, -0.1) is 0 Å². The van der Waals surface area contributed by atoms with E-state index in [1.807, 2.05) is 0 Å². The predicted octanol–water partition coefficient (Wildman–Crippen LogP) is -2.69. The number of carbonyl (C=O) groups is 5. The Morgan fingerprint density at radius 1 is 0.956 bits per heavy atom. The number of rotatable bonds is 20. The molecule has 18 heteroatoms. The van der Waals surface area contributed by atoms with Gasteiger partial charge in [0.2, 0.25) is 23.4 Å². The van der Waals surface area contributed by atoms with E-state index in [-0.39, 0.29) is 71.0 Å². The summed E-state index contributed by atoms with van der Waals surface area (Å²) in [6, 6.07) is 3.81. The van der Waals surface area contributed by atoms with Crippen LogP contribution in [-0.2, 0) is 82.2 Å². The molecular formula is C27H46N9O7SY-. The second kappa shape index (κ2) is 24.6. The average Bonchev–Trinajstić information content (AvgIpc) is 2.99. The van der Waals surface area contributed by atoms with Crippen LogP contribution in [-0.4, -0.2) is 85.2 Å². The summed E-state index contributed by atoms with van der Waals surface area (Å²) in [4.78, 5) is 67.8. The van der Waals surface area contributed by atoms with Crippen LogP contribution in [0.15, 0.2) is 35.3 Å². The normalized spacial score (nSPS) is 13.9. The van der Waals surface area contributed by atoms with Crippen LogP contribution in [0.3, 0.4) is 0 Å². The van der Waals surface area contributed by atoms with Crippen LogP contribution in [0, 0.1) is 5.92 Å². The number of Topliss-reactive ketones (excluding diaryl/α,β-unsaturated/α-hetero) is 2. The number of ketones is 2. The molecule has 0 fully saturated rings. The Kier molecular flexibility index (Phi) is 24.3. The van der Waals surface area contributed by atoms with Crippen LogP contribution in [0.5, 0.6) is 0 Å². The molecule has 16 nitrogen and oxygen atoms in total. The van der Waals surface area contributed by atoms with E-state index < -0.39 is 69.4 Å². The summed E-state index contributed by atoms with van der Waals surface area (Å²) in [5.41, 5.74) is 18.1. The number of aliphatic imine (C=N–C) groups is 1. The van der Waals surface area contributed by atoms with E-state index in [1.165, 1.54) is 14.0 Å². The molecule has 0 spiro atoms. The molecule has 2 unspecified atom stereocenters. The Labute approximate surface area is 290 Å². The Bertz CT molecular complexity index is 1170. The van der Waals surface area contributed by atoms with Crippen LogP contribution in [0.25, 0.3) is 0 Å². The fraction of sp³-hybridized carbons (Fsp3) is 0.556. The van der Waals surface area contributed by atoms with Gasteiger partial charge in [-0.2, -0.15) is 0 Å². The molecule has 0 aliphatic heterocycles. The zero-order valence-electron chi connectivity index (χ0n) is 26.1. The minimum atomic E-state index is -2.76. The maximum atomic E-state index is 13.5. The van der Waals surface area contributed by atoms with Gasteiger partial charge in [-0.05, 0) is 43.0 Å². The second-order valence-electron chi connectivity index (χ2n) is 9.95. The van der Waals surface area contributed by atoms with Crippen LogP contribution in [0.4, 0.5) is 0 Å². The molecule has 45 heavy (non-hydrogen) atoms. The maximum absolute atomic E-state index is 13.5. The molecule has 0 heterocycles. The van der Waals surface area contributed by atoms with Gasteiger partial charge in [-0.25, -0.2) is 0 Å². The molecule has 12 N–H and O–H groups in total. The van der Waals surface area contributed by atoms with E-state index in [1.54, 1.807) is 44.2 Å². The summed E-state index contributed by atoms with van der Waals surface area (Å²) < 4.78 is 23.8. The molecule has 251 valence electrons. The monoisotopic (exact) mass is 729 g/mol. The minimum absolute atomic E-state index is 0. The van der Waals surface area contributed by atoms with Crippen molar-refractivity contribution in [2.24, 2.45) is 34.0 Å². The molecule has 5 atom stereocenters. The fourth-order valence-electron chi connectivity index (χ4n) is 4.01. The van der Waals surface area contributed by atoms with Gasteiger partial charge in [-0.3, -0.25) is 40.8 Å². The molecule has 0 aliphatic rings. The second-order valence-corrected chi connectivity index (χ2v) is 11.2. The Morgan fingerprint density at radius 2 is 1.56 bits per heavy atom. The summed E-state index contributed by atoms with van der Waals surface area (Å²) in [5, 5.41) is 6.36. The molecule has 1 aromatic rings. The summed E-state index contributed by atoms with van der Waals surface area (Å²) in [6.07, 6.45) is 0.931. The summed E-state index contributed by atoms with van der Waals surface area (Å²) >= 11 is 0. The quantitative estimate of drug-likeness (QED) is 0.00993. The zero-order chi connectivity index (χ0) is 33.8. The molecule has 1 aromatic carbocycles. The van der Waals surface area contributed by atoms with Crippen molar-refractivity contribution in [3.8, 4) is 0 Å². The van der Waals surface area contributed by atoms with Crippen molar-refractivity contribution in [2.75, 3.05) is 20.1 Å². The van der Waals surface area contributed by atoms with Crippen molar-refractivity contribution in [3.63, 3.8) is 0 Å². The van der Waals surface area contributed by atoms with E-state index in [2.05, 4.69) is 32.1 Å². The molecule has 0 aromatic heterocycles. The van der Waals surface area contributed by atoms with Crippen molar-refractivity contribution in [2.45, 2.75) is 69.5 Å². The first-order valence-corrected chi connectivity index (χ1v) is 15.0. The van der Waals surface area contributed by atoms with E-state index in [0.717, 1.165) is 5.56 Å². The average molecular weight is 730 g/mol. The molecule has 1 rings (SSSR count). The largest absolute Gasteiger partial charge is 0.424 e. The van der Waals surface area contributed by atoms with Crippen molar-refractivity contribution in [3.05, 3.63) is 35.9 Å². The van der Waals surface area contributed by atoms with E-state index in [9.17, 15) is 32.4 Å². The van der Waals surface area contributed by atoms with Crippen LogP contribution < -0.4 is 44.4 Å². The number of guanidine groups is 1. The van der Waals surface area contributed by atoms with E-state index in [0.29, 0.717) is 6.29 Å². The van der Waals surface area contributed by atoms with Crippen LogP contribution in [0.2, 0.25) is 0 Å². The number of nitrogens with two attached hydrogens (primary N) is 4. The maximum Gasteiger partial charge on any atom is 0.236 e. The van der Waals surface area contributed by atoms with Crippen molar-refractivity contribution in [1.29, 1.82) is 0 Å². The number of nitrogens with zero attached hydrogens (tertiary/aromatic N) is 1. The number of nitrogens with one attached hydrogen (secondary N) is 4. The number of hydrogen-bond donors (Lipinski definition) is 8. The van der Waals surface area contributed by atoms with Gasteiger partial charge in [0.15, 0.2) is 5.96 Å². The van der Waals surface area contributed by atoms with E-state index >= 15 is 0 Å². The minimum Gasteiger partial charge on any atom is -0.424 e. The molecule has 1 radical (unpaired) electrons. The summed E-state index contributed by atoms with van der Waals surface area (Å²) in [7, 11) is -1.26. The van der Waals surface area contributed by atoms with Crippen molar-refractivity contribution in [1.82, 2.24) is 21.4 Å². The molecular weight excluding hydrogens is 683 g/mol. The molecule has 0 aliphatic carbocycles. The summed E-state index contributed by atoms with van der Waals surface area (Å²) in [6.45, 7) is 4.26. The Morgan fingerprint density at radius 3 is 2.04 bits per heavy atom. The molecule has 2 amide bonds. The first kappa shape index (κ1) is 44.5. The topological polar surface area (TPSA) is 284 Å². The number of hydrogen-bond acceptors (Lipinski definition) is 13. The standard InChI is InChI=1S/C26H41N8O7S.CH5N.Y/c1-15(2)21(24(38)23(37)19(33-20(36)13-31-29)10-7-11-30-26(27)28)34-22(16(3)42(40)41)25(39)32-18(14-35)12-17-8-5-4-6-9-17;1-2;/h4-6,8-9,14-16,18-19,21-22,31,34H,7,10-13,29H2,1-3H3,(H,32,39)(H,33,36)(H4,27,28,30);2H2,1H3;/q-1;;/t16?,18-,19-,21-,22?;;/m0../s1. The van der Waals surface area contributed by atoms with Gasteiger partial charge < -0.3 is 41.0 Å². The van der Waals surface area contributed by atoms with E-state index in [4.69, 9.17) is 17.3 Å². The van der Waals surface area contributed by atoms with Gasteiger partial charge >= 0.3 is 0 Å². The number of carbonyl (C=O) groups excluding carboxylic acids is 5. The molecule has 0 bridgehead atoms. The van der Waals surface area contributed by atoms with Gasteiger partial charge in [0.25, 0.3) is 0 Å². The first-order chi connectivity index (χ1) is 20.8. The smallest absolute Gasteiger partial charge is 0.236 e. The summed E-state index contributed by atoms with van der Waals surface area (Å²) in [5.74, 6) is 0.991. The Hall–Kier alpha value is -2.67. The third kappa shape index (κ3) is 17.0. The number of hydrazine groups is 1. The SMILES string of the molecule is CC(C)[C@H](NC(C(=O)N[C@H](C=O)Cc1ccccc1)C(C)[S-](=O)=O)C(=O)C(=O)[C@H](CCCN=C(N)N)NC(=O)CNN.CN.[Y]. The number of benzene rings is 1. The Balaban J connectivity index is 0. The number of amides is 2. The number of aldehydes is 1. The van der Waals surface area contributed by atoms with Gasteiger partial charge in [0.1, 0.15) is 6.29 Å². The predicted molar refractivity (Wildman–Crippen MR) is 166 cm³/mol. The fourth-order valence-corrected chi connectivity index (χ4v) is 4.43. The van der Waals surface area contributed by atoms with Crippen molar-refractivity contribution >= 4 is 46.3 Å². The van der Waals surface area contributed by atoms with Crippen LogP contribution in [0.1, 0.15) is 39.2 Å². The molecule has 0 saturated carbocycles. The molecule has 0 saturated heterocycles. The van der Waals surface area contributed by atoms with Crippen LogP contribution >= 0.6 is 0 Å².